The number of alkyl halides is 3. The van der Waals surface area contributed by atoms with Crippen molar-refractivity contribution in [2.45, 2.75) is 58.8 Å². The lowest BCUT2D eigenvalue weighted by molar-refractivity contribution is -0.140. The highest BCUT2D eigenvalue weighted by atomic mass is 127. The summed E-state index contributed by atoms with van der Waals surface area (Å²) in [7, 11) is 0. The molecule has 0 aromatic carbocycles. The number of hydrogen-bond acceptors (Lipinski definition) is 4. The molecule has 1 aliphatic heterocycles. The molecule has 1 atom stereocenters. The molecule has 2 heterocycles. The van der Waals surface area contributed by atoms with E-state index < -0.39 is 11.9 Å². The Morgan fingerprint density at radius 2 is 2.07 bits per heavy atom. The van der Waals surface area contributed by atoms with Crippen molar-refractivity contribution in [1.82, 2.24) is 20.5 Å². The van der Waals surface area contributed by atoms with E-state index in [-0.39, 0.29) is 36.1 Å². The first-order valence-corrected chi connectivity index (χ1v) is 10.3. The van der Waals surface area contributed by atoms with Crippen LogP contribution < -0.4 is 10.6 Å². The molecule has 5 nitrogen and oxygen atoms in total. The van der Waals surface area contributed by atoms with E-state index in [9.17, 15) is 13.2 Å². The van der Waals surface area contributed by atoms with Gasteiger partial charge in [0.25, 0.3) is 0 Å². The maximum absolute atomic E-state index is 12.7. The summed E-state index contributed by atoms with van der Waals surface area (Å²) in [6, 6.07) is 0. The van der Waals surface area contributed by atoms with Gasteiger partial charge in [0.05, 0.1) is 6.54 Å². The zero-order chi connectivity index (χ0) is 20.1. The number of likely N-dealkylation sites (tertiary alicyclic amines) is 1. The molecule has 0 spiro atoms. The van der Waals surface area contributed by atoms with E-state index in [2.05, 4.69) is 46.3 Å². The Morgan fingerprint density at radius 3 is 2.64 bits per heavy atom. The van der Waals surface area contributed by atoms with Crippen LogP contribution in [-0.2, 0) is 12.7 Å². The lowest BCUT2D eigenvalue weighted by atomic mass is 9.93. The van der Waals surface area contributed by atoms with Crippen LogP contribution in [0.15, 0.2) is 10.4 Å². The summed E-state index contributed by atoms with van der Waals surface area (Å²) in [5.74, 6) is 1.30. The van der Waals surface area contributed by atoms with Crippen LogP contribution in [0.2, 0.25) is 0 Å². The van der Waals surface area contributed by atoms with E-state index in [1.165, 1.54) is 12.8 Å². The van der Waals surface area contributed by atoms with Crippen molar-refractivity contribution in [2.75, 3.05) is 26.2 Å². The third kappa shape index (κ3) is 7.66. The van der Waals surface area contributed by atoms with Crippen molar-refractivity contribution >= 4 is 41.3 Å². The molecule has 1 aromatic heterocycles. The van der Waals surface area contributed by atoms with Gasteiger partial charge in [-0.05, 0) is 46.1 Å². The number of piperidine rings is 1. The van der Waals surface area contributed by atoms with Crippen LogP contribution in [0.4, 0.5) is 13.2 Å². The molecule has 2 N–H and O–H groups in total. The first kappa shape index (κ1) is 25.4. The van der Waals surface area contributed by atoms with Gasteiger partial charge >= 0.3 is 6.18 Å². The second-order valence-electron chi connectivity index (χ2n) is 7.68. The highest BCUT2D eigenvalue weighted by molar-refractivity contribution is 14.0. The van der Waals surface area contributed by atoms with Crippen molar-refractivity contribution in [2.24, 2.45) is 10.9 Å². The van der Waals surface area contributed by atoms with E-state index in [1.54, 1.807) is 0 Å². The zero-order valence-corrected chi connectivity index (χ0v) is 20.0. The normalized spacial score (nSPS) is 19.2. The van der Waals surface area contributed by atoms with Gasteiger partial charge < -0.3 is 10.6 Å². The summed E-state index contributed by atoms with van der Waals surface area (Å²) >= 11 is 0.981. The quantitative estimate of drug-likeness (QED) is 0.325. The van der Waals surface area contributed by atoms with Gasteiger partial charge in [-0.15, -0.1) is 35.3 Å². The van der Waals surface area contributed by atoms with Gasteiger partial charge in [-0.2, -0.15) is 13.2 Å². The number of aliphatic imine (C=N–C) groups is 1. The Balaban J connectivity index is 0.00000392. The van der Waals surface area contributed by atoms with Gasteiger partial charge in [-0.25, -0.2) is 9.98 Å². The first-order valence-electron chi connectivity index (χ1n) is 9.40. The Bertz CT molecular complexity index is 633. The number of thiazole rings is 1. The number of nitrogens with zero attached hydrogens (tertiary/aromatic N) is 3. The minimum absolute atomic E-state index is 0. The summed E-state index contributed by atoms with van der Waals surface area (Å²) in [6.07, 6.45) is -1.92. The molecule has 162 valence electrons. The molecule has 1 aliphatic rings. The lowest BCUT2D eigenvalue weighted by Gasteiger charge is -2.43. The Morgan fingerprint density at radius 1 is 1.36 bits per heavy atom. The molecule has 28 heavy (non-hydrogen) atoms. The fourth-order valence-electron chi connectivity index (χ4n) is 3.15. The van der Waals surface area contributed by atoms with Crippen molar-refractivity contribution < 1.29 is 13.2 Å². The van der Waals surface area contributed by atoms with Crippen molar-refractivity contribution in [1.29, 1.82) is 0 Å². The zero-order valence-electron chi connectivity index (χ0n) is 16.9. The number of aromatic nitrogens is 1. The number of hydrogen-bond donors (Lipinski definition) is 2. The molecule has 0 bridgehead atoms. The molecule has 10 heteroatoms. The molecular formula is C18H31F3IN5S. The summed E-state index contributed by atoms with van der Waals surface area (Å²) < 4.78 is 38.0. The van der Waals surface area contributed by atoms with Crippen LogP contribution in [0, 0.1) is 5.92 Å². The monoisotopic (exact) mass is 533 g/mol. The van der Waals surface area contributed by atoms with Gasteiger partial charge in [-0.3, -0.25) is 4.90 Å². The smallest absolute Gasteiger partial charge is 0.357 e. The third-order valence-corrected chi connectivity index (χ3v) is 5.59. The summed E-state index contributed by atoms with van der Waals surface area (Å²) in [6.45, 7) is 12.3. The Hall–Kier alpha value is -0.620. The number of guanidine groups is 1. The largest absolute Gasteiger partial charge is 0.434 e. The van der Waals surface area contributed by atoms with Gasteiger partial charge in [0.1, 0.15) is 5.01 Å². The number of nitrogens with one attached hydrogen (secondary N) is 2. The van der Waals surface area contributed by atoms with Crippen molar-refractivity contribution in [3.05, 3.63) is 16.1 Å². The molecule has 1 fully saturated rings. The standard InChI is InChI=1S/C18H30F3N5S.HI/c1-5-22-16(23-9-15-25-14(11-27-15)18(19,20)21)24-12-17(3,4)26-8-6-7-13(2)10-26;/h11,13H,5-10,12H2,1-4H3,(H2,22,23,24);1H. The lowest BCUT2D eigenvalue weighted by Crippen LogP contribution is -2.55. The van der Waals surface area contributed by atoms with Crippen LogP contribution >= 0.6 is 35.3 Å². The van der Waals surface area contributed by atoms with E-state index in [0.717, 1.165) is 29.8 Å². The molecule has 0 amide bonds. The maximum atomic E-state index is 12.7. The predicted octanol–water partition coefficient (Wildman–Crippen LogP) is 4.35. The van der Waals surface area contributed by atoms with Crippen LogP contribution in [0.5, 0.6) is 0 Å². The average molecular weight is 533 g/mol. The van der Waals surface area contributed by atoms with Crippen LogP contribution in [-0.4, -0.2) is 47.6 Å². The Labute approximate surface area is 186 Å². The number of halogens is 4. The molecule has 0 aliphatic carbocycles. The SMILES string of the molecule is CCNC(=NCc1nc(C(F)(F)F)cs1)NCC(C)(C)N1CCCC(C)C1.I. The fourth-order valence-corrected chi connectivity index (χ4v) is 3.88. The van der Waals surface area contributed by atoms with Crippen LogP contribution in [0.25, 0.3) is 0 Å². The molecule has 0 saturated carbocycles. The Kier molecular flexibility index (Phi) is 9.95. The highest BCUT2D eigenvalue weighted by Crippen LogP contribution is 2.30. The summed E-state index contributed by atoms with van der Waals surface area (Å²) in [5, 5.41) is 7.87. The highest BCUT2D eigenvalue weighted by Gasteiger charge is 2.33. The second kappa shape index (κ2) is 11.0. The topological polar surface area (TPSA) is 52.6 Å². The molecule has 1 aromatic rings. The van der Waals surface area contributed by atoms with Crippen molar-refractivity contribution in [3.63, 3.8) is 0 Å². The van der Waals surface area contributed by atoms with Crippen LogP contribution in [0.3, 0.4) is 0 Å². The van der Waals surface area contributed by atoms with Gasteiger partial charge in [-0.1, -0.05) is 6.92 Å². The minimum atomic E-state index is -4.41. The summed E-state index contributed by atoms with van der Waals surface area (Å²) in [4.78, 5) is 10.5. The summed E-state index contributed by atoms with van der Waals surface area (Å²) in [5.41, 5.74) is -0.883. The molecular weight excluding hydrogens is 502 g/mol. The predicted molar refractivity (Wildman–Crippen MR) is 119 cm³/mol. The average Bonchev–Trinajstić information content (AvgIpc) is 3.07. The minimum Gasteiger partial charge on any atom is -0.357 e. The first-order chi connectivity index (χ1) is 12.6. The number of rotatable bonds is 6. The van der Waals surface area contributed by atoms with E-state index >= 15 is 0 Å². The second-order valence-corrected chi connectivity index (χ2v) is 8.62. The van der Waals surface area contributed by atoms with Crippen molar-refractivity contribution in [3.8, 4) is 0 Å². The molecule has 2 rings (SSSR count). The molecule has 0 radical (unpaired) electrons. The fraction of sp³-hybridized carbons (Fsp3) is 0.778. The van der Waals surface area contributed by atoms with Crippen LogP contribution in [0.1, 0.15) is 51.2 Å². The van der Waals surface area contributed by atoms with Gasteiger partial charge in [0.2, 0.25) is 0 Å². The van der Waals surface area contributed by atoms with E-state index in [0.29, 0.717) is 30.0 Å². The van der Waals surface area contributed by atoms with E-state index in [1.807, 2.05) is 6.92 Å². The van der Waals surface area contributed by atoms with Gasteiger partial charge in [0.15, 0.2) is 11.7 Å². The van der Waals surface area contributed by atoms with Gasteiger partial charge in [0, 0.05) is 30.6 Å². The van der Waals surface area contributed by atoms with E-state index in [4.69, 9.17) is 0 Å². The molecule has 1 unspecified atom stereocenters. The molecule has 1 saturated heterocycles. The maximum Gasteiger partial charge on any atom is 0.434 e. The third-order valence-electron chi connectivity index (χ3n) is 4.76.